The number of benzene rings is 2. The second kappa shape index (κ2) is 9.81. The molecule has 0 aliphatic carbocycles. The Balaban J connectivity index is 0.00000156. The molecular weight excluding hydrogens is 355 g/mol. The van der Waals surface area contributed by atoms with Crippen LogP contribution in [0.15, 0.2) is 53.5 Å². The molecule has 1 unspecified atom stereocenters. The monoisotopic (exact) mass is 380 g/mol. The summed E-state index contributed by atoms with van der Waals surface area (Å²) in [5.74, 6) is 0.877. The maximum atomic E-state index is 5.27. The van der Waals surface area contributed by atoms with Gasteiger partial charge < -0.3 is 9.64 Å². The van der Waals surface area contributed by atoms with E-state index in [2.05, 4.69) is 55.4 Å². The lowest BCUT2D eigenvalue weighted by molar-refractivity contribution is 0.379. The first-order chi connectivity index (χ1) is 11.2. The number of methoxy groups -OCH3 is 1. The smallest absolute Gasteiger partial charge is 0.118 e. The average molecular weight is 381 g/mol. The number of halogens is 2. The maximum Gasteiger partial charge on any atom is 0.118 e. The molecule has 3 nitrogen and oxygen atoms in total. The van der Waals surface area contributed by atoms with Gasteiger partial charge in [0.15, 0.2) is 0 Å². The van der Waals surface area contributed by atoms with Gasteiger partial charge in [-0.15, -0.1) is 24.8 Å². The highest BCUT2D eigenvalue weighted by atomic mass is 35.5. The van der Waals surface area contributed by atoms with Gasteiger partial charge in [0, 0.05) is 11.1 Å². The summed E-state index contributed by atoms with van der Waals surface area (Å²) < 4.78 is 5.27. The molecule has 1 aliphatic heterocycles. The molecule has 5 heteroatoms. The van der Waals surface area contributed by atoms with Gasteiger partial charge >= 0.3 is 0 Å². The number of nitrogens with zero attached hydrogens (tertiary/aromatic N) is 2. The van der Waals surface area contributed by atoms with Gasteiger partial charge in [0.2, 0.25) is 0 Å². The normalized spacial score (nSPS) is 15.5. The van der Waals surface area contributed by atoms with Crippen LogP contribution in [0.5, 0.6) is 5.75 Å². The van der Waals surface area contributed by atoms with Crippen molar-refractivity contribution in [1.29, 1.82) is 0 Å². The van der Waals surface area contributed by atoms with Crippen molar-refractivity contribution in [2.24, 2.45) is 4.99 Å². The first-order valence-electron chi connectivity index (χ1n) is 8.12. The molecular formula is C20H26Cl2N2O. The van der Waals surface area contributed by atoms with Crippen LogP contribution in [-0.2, 0) is 6.42 Å². The van der Waals surface area contributed by atoms with E-state index in [4.69, 9.17) is 9.73 Å². The number of hydrogen-bond acceptors (Lipinski definition) is 3. The van der Waals surface area contributed by atoms with Crippen LogP contribution >= 0.6 is 24.8 Å². The van der Waals surface area contributed by atoms with E-state index in [0.717, 1.165) is 36.4 Å². The van der Waals surface area contributed by atoms with Crippen LogP contribution < -0.4 is 4.74 Å². The van der Waals surface area contributed by atoms with Crippen LogP contribution in [-0.4, -0.2) is 44.4 Å². The van der Waals surface area contributed by atoms with Gasteiger partial charge in [-0.2, -0.15) is 0 Å². The van der Waals surface area contributed by atoms with Gasteiger partial charge in [0.25, 0.3) is 0 Å². The van der Waals surface area contributed by atoms with E-state index in [-0.39, 0.29) is 24.8 Å². The minimum absolute atomic E-state index is 0. The third kappa shape index (κ3) is 5.21. The van der Waals surface area contributed by atoms with Gasteiger partial charge in [0.1, 0.15) is 5.75 Å². The molecule has 0 amide bonds. The Bertz CT molecular complexity index is 699. The van der Waals surface area contributed by atoms with Crippen molar-refractivity contribution in [1.82, 2.24) is 4.90 Å². The van der Waals surface area contributed by atoms with Crippen LogP contribution in [0, 0.1) is 0 Å². The fraction of sp³-hybridized carbons (Fsp3) is 0.350. The summed E-state index contributed by atoms with van der Waals surface area (Å²) in [6, 6.07) is 17.2. The second-order valence-corrected chi connectivity index (χ2v) is 6.31. The Morgan fingerprint density at radius 2 is 1.72 bits per heavy atom. The number of aliphatic imine (C=N–C) groups is 1. The summed E-state index contributed by atoms with van der Waals surface area (Å²) in [6.07, 6.45) is 2.12. The lowest BCUT2D eigenvalue weighted by Gasteiger charge is -2.25. The molecule has 2 aromatic rings. The molecule has 0 saturated carbocycles. The molecule has 0 radical (unpaired) electrons. The van der Waals surface area contributed by atoms with Crippen LogP contribution in [0.3, 0.4) is 0 Å². The Morgan fingerprint density at radius 3 is 2.36 bits per heavy atom. The molecule has 1 heterocycles. The number of ether oxygens (including phenoxy) is 1. The van der Waals surface area contributed by atoms with E-state index < -0.39 is 0 Å². The fourth-order valence-corrected chi connectivity index (χ4v) is 3.03. The van der Waals surface area contributed by atoms with Gasteiger partial charge in [-0.3, -0.25) is 4.99 Å². The van der Waals surface area contributed by atoms with Gasteiger partial charge in [-0.05, 0) is 63.3 Å². The average Bonchev–Trinajstić information content (AvgIpc) is 2.59. The molecule has 2 aromatic carbocycles. The van der Waals surface area contributed by atoms with E-state index in [1.807, 2.05) is 12.1 Å². The van der Waals surface area contributed by atoms with Crippen molar-refractivity contribution < 1.29 is 4.74 Å². The van der Waals surface area contributed by atoms with E-state index in [1.54, 1.807) is 7.11 Å². The van der Waals surface area contributed by atoms with Crippen LogP contribution in [0.4, 0.5) is 0 Å². The summed E-state index contributed by atoms with van der Waals surface area (Å²) >= 11 is 0. The molecule has 136 valence electrons. The lowest BCUT2D eigenvalue weighted by atomic mass is 9.89. The summed E-state index contributed by atoms with van der Waals surface area (Å²) in [5.41, 5.74) is 4.93. The zero-order valence-electron chi connectivity index (χ0n) is 14.9. The van der Waals surface area contributed by atoms with E-state index in [0.29, 0.717) is 6.04 Å². The molecule has 0 N–H and O–H groups in total. The maximum absolute atomic E-state index is 5.27. The predicted octanol–water partition coefficient (Wildman–Crippen LogP) is 4.25. The highest BCUT2D eigenvalue weighted by Gasteiger charge is 2.21. The van der Waals surface area contributed by atoms with Crippen LogP contribution in [0.25, 0.3) is 0 Å². The Hall–Kier alpha value is -1.55. The lowest BCUT2D eigenvalue weighted by Crippen LogP contribution is -2.25. The van der Waals surface area contributed by atoms with Gasteiger partial charge in [-0.1, -0.05) is 24.3 Å². The van der Waals surface area contributed by atoms with Crippen molar-refractivity contribution >= 4 is 30.5 Å². The highest BCUT2D eigenvalue weighted by molar-refractivity contribution is 6.14. The topological polar surface area (TPSA) is 24.8 Å². The molecule has 0 spiro atoms. The van der Waals surface area contributed by atoms with E-state index in [9.17, 15) is 0 Å². The first kappa shape index (κ1) is 21.5. The number of fused-ring (bicyclic) bond motifs is 1. The van der Waals surface area contributed by atoms with Gasteiger partial charge in [-0.25, -0.2) is 0 Å². The molecule has 25 heavy (non-hydrogen) atoms. The van der Waals surface area contributed by atoms with Crippen LogP contribution in [0.2, 0.25) is 0 Å². The van der Waals surface area contributed by atoms with Crippen LogP contribution in [0.1, 0.15) is 23.1 Å². The molecule has 1 atom stereocenters. The quantitative estimate of drug-likeness (QED) is 0.774. The molecule has 0 bridgehead atoms. The zero-order chi connectivity index (χ0) is 16.2. The Labute approximate surface area is 162 Å². The molecule has 0 fully saturated rings. The SMILES string of the molecule is COc1ccc(C2=NC(CCN(C)C)Cc3ccccc32)cc1.Cl.Cl. The molecule has 0 saturated heterocycles. The Morgan fingerprint density at radius 1 is 1.04 bits per heavy atom. The fourth-order valence-electron chi connectivity index (χ4n) is 3.03. The number of hydrogen-bond donors (Lipinski definition) is 0. The predicted molar refractivity (Wildman–Crippen MR) is 110 cm³/mol. The van der Waals surface area contributed by atoms with Crippen molar-refractivity contribution in [3.63, 3.8) is 0 Å². The zero-order valence-corrected chi connectivity index (χ0v) is 16.6. The summed E-state index contributed by atoms with van der Waals surface area (Å²) in [6.45, 7) is 1.06. The van der Waals surface area contributed by atoms with Crippen molar-refractivity contribution in [3.05, 3.63) is 65.2 Å². The largest absolute Gasteiger partial charge is 0.497 e. The van der Waals surface area contributed by atoms with Gasteiger partial charge in [0.05, 0.1) is 18.9 Å². The third-order valence-electron chi connectivity index (χ3n) is 4.31. The Kier molecular flexibility index (Phi) is 8.43. The standard InChI is InChI=1S/C20H24N2O.2ClH/c1-22(2)13-12-17-14-16-6-4-5-7-19(16)20(21-17)15-8-10-18(23-3)11-9-15;;/h4-11,17H,12-14H2,1-3H3;2*1H. The summed E-state index contributed by atoms with van der Waals surface area (Å²) in [5, 5.41) is 0. The first-order valence-corrected chi connectivity index (χ1v) is 8.12. The molecule has 1 aliphatic rings. The summed E-state index contributed by atoms with van der Waals surface area (Å²) in [4.78, 5) is 7.30. The highest BCUT2D eigenvalue weighted by Crippen LogP contribution is 2.25. The van der Waals surface area contributed by atoms with Crippen molar-refractivity contribution in [2.75, 3.05) is 27.7 Å². The third-order valence-corrected chi connectivity index (χ3v) is 4.31. The minimum atomic E-state index is 0. The minimum Gasteiger partial charge on any atom is -0.497 e. The molecule has 3 rings (SSSR count). The van der Waals surface area contributed by atoms with Crippen molar-refractivity contribution in [2.45, 2.75) is 18.9 Å². The van der Waals surface area contributed by atoms with Crippen molar-refractivity contribution in [3.8, 4) is 5.75 Å². The molecule has 0 aromatic heterocycles. The van der Waals surface area contributed by atoms with E-state index >= 15 is 0 Å². The number of rotatable bonds is 5. The summed E-state index contributed by atoms with van der Waals surface area (Å²) in [7, 11) is 5.93. The van der Waals surface area contributed by atoms with E-state index in [1.165, 1.54) is 11.1 Å². The second-order valence-electron chi connectivity index (χ2n) is 6.31.